The maximum absolute atomic E-state index is 12.7. The van der Waals surface area contributed by atoms with Crippen molar-refractivity contribution in [1.82, 2.24) is 4.90 Å². The van der Waals surface area contributed by atoms with Gasteiger partial charge in [0.25, 0.3) is 5.91 Å². The van der Waals surface area contributed by atoms with Gasteiger partial charge in [-0.15, -0.1) is 0 Å². The van der Waals surface area contributed by atoms with E-state index in [4.69, 9.17) is 11.6 Å². The second kappa shape index (κ2) is 8.45. The molecule has 138 valence electrons. The number of rotatable bonds is 5. The van der Waals surface area contributed by atoms with Gasteiger partial charge in [0.05, 0.1) is 10.6 Å². The van der Waals surface area contributed by atoms with Crippen LogP contribution >= 0.6 is 11.6 Å². The summed E-state index contributed by atoms with van der Waals surface area (Å²) in [4.78, 5) is 19.2. The van der Waals surface area contributed by atoms with Gasteiger partial charge in [-0.1, -0.05) is 23.7 Å². The summed E-state index contributed by atoms with van der Waals surface area (Å²) < 4.78 is 0. The third-order valence-corrected chi connectivity index (χ3v) is 5.34. The molecule has 0 aliphatic carbocycles. The SMILES string of the molecule is CCN(CC)c1ccc(N2CCN(C(=O)c3ccccc3Cl)CC2)cc1. The summed E-state index contributed by atoms with van der Waals surface area (Å²) in [5, 5.41) is 0.520. The van der Waals surface area contributed by atoms with Gasteiger partial charge in [0.15, 0.2) is 0 Å². The second-order valence-corrected chi connectivity index (χ2v) is 6.85. The Morgan fingerprint density at radius 3 is 2.15 bits per heavy atom. The van der Waals surface area contributed by atoms with Crippen molar-refractivity contribution in [2.24, 2.45) is 0 Å². The number of anilines is 2. The lowest BCUT2D eigenvalue weighted by Crippen LogP contribution is -2.48. The van der Waals surface area contributed by atoms with E-state index in [9.17, 15) is 4.79 Å². The summed E-state index contributed by atoms with van der Waals surface area (Å²) >= 11 is 6.17. The minimum Gasteiger partial charge on any atom is -0.372 e. The van der Waals surface area contributed by atoms with E-state index in [2.05, 4.69) is 47.9 Å². The van der Waals surface area contributed by atoms with Crippen molar-refractivity contribution >= 4 is 28.9 Å². The highest BCUT2D eigenvalue weighted by Crippen LogP contribution is 2.23. The van der Waals surface area contributed by atoms with Gasteiger partial charge < -0.3 is 14.7 Å². The minimum absolute atomic E-state index is 0.0205. The molecule has 1 fully saturated rings. The van der Waals surface area contributed by atoms with Gasteiger partial charge in [-0.05, 0) is 50.2 Å². The Morgan fingerprint density at radius 2 is 1.58 bits per heavy atom. The Labute approximate surface area is 161 Å². The first-order valence-corrected chi connectivity index (χ1v) is 9.65. The minimum atomic E-state index is 0.0205. The molecule has 0 spiro atoms. The van der Waals surface area contributed by atoms with Crippen molar-refractivity contribution in [3.05, 3.63) is 59.1 Å². The smallest absolute Gasteiger partial charge is 0.255 e. The molecule has 0 atom stereocenters. The first-order chi connectivity index (χ1) is 12.6. The number of hydrogen-bond donors (Lipinski definition) is 0. The highest BCUT2D eigenvalue weighted by molar-refractivity contribution is 6.33. The fourth-order valence-corrected chi connectivity index (χ4v) is 3.65. The largest absolute Gasteiger partial charge is 0.372 e. The first kappa shape index (κ1) is 18.6. The summed E-state index contributed by atoms with van der Waals surface area (Å²) in [7, 11) is 0. The van der Waals surface area contributed by atoms with Gasteiger partial charge in [0.2, 0.25) is 0 Å². The topological polar surface area (TPSA) is 26.8 Å². The zero-order chi connectivity index (χ0) is 18.5. The van der Waals surface area contributed by atoms with Crippen molar-refractivity contribution in [3.63, 3.8) is 0 Å². The Hall–Kier alpha value is -2.20. The van der Waals surface area contributed by atoms with Crippen LogP contribution in [0.25, 0.3) is 0 Å². The number of amides is 1. The standard InChI is InChI=1S/C21H26ClN3O/c1-3-23(4-2)17-9-11-18(12-10-17)24-13-15-25(16-14-24)21(26)19-7-5-6-8-20(19)22/h5-12H,3-4,13-16H2,1-2H3. The van der Waals surface area contributed by atoms with Crippen LogP contribution in [0.15, 0.2) is 48.5 Å². The number of hydrogen-bond acceptors (Lipinski definition) is 3. The van der Waals surface area contributed by atoms with Crippen LogP contribution in [0.3, 0.4) is 0 Å². The van der Waals surface area contributed by atoms with Gasteiger partial charge in [0, 0.05) is 50.6 Å². The molecule has 0 aromatic heterocycles. The third-order valence-electron chi connectivity index (χ3n) is 5.01. The Morgan fingerprint density at radius 1 is 0.962 bits per heavy atom. The molecule has 3 rings (SSSR count). The summed E-state index contributed by atoms with van der Waals surface area (Å²) in [5.74, 6) is 0.0205. The number of piperazine rings is 1. The van der Waals surface area contributed by atoms with Gasteiger partial charge >= 0.3 is 0 Å². The lowest BCUT2D eigenvalue weighted by molar-refractivity contribution is 0.0747. The van der Waals surface area contributed by atoms with E-state index in [1.807, 2.05) is 17.0 Å². The van der Waals surface area contributed by atoms with Gasteiger partial charge in [0.1, 0.15) is 0 Å². The molecule has 2 aromatic carbocycles. The quantitative estimate of drug-likeness (QED) is 0.790. The summed E-state index contributed by atoms with van der Waals surface area (Å²) in [6.45, 7) is 9.46. The van der Waals surface area contributed by atoms with E-state index in [0.29, 0.717) is 23.7 Å². The zero-order valence-electron chi connectivity index (χ0n) is 15.5. The van der Waals surface area contributed by atoms with Crippen LogP contribution in [0.2, 0.25) is 5.02 Å². The van der Waals surface area contributed by atoms with Crippen molar-refractivity contribution in [2.75, 3.05) is 49.1 Å². The summed E-state index contributed by atoms with van der Waals surface area (Å²) in [5.41, 5.74) is 3.06. The maximum atomic E-state index is 12.7. The average Bonchev–Trinajstić information content (AvgIpc) is 2.69. The average molecular weight is 372 g/mol. The highest BCUT2D eigenvalue weighted by atomic mass is 35.5. The molecule has 5 heteroatoms. The fourth-order valence-electron chi connectivity index (χ4n) is 3.44. The van der Waals surface area contributed by atoms with E-state index in [1.54, 1.807) is 12.1 Å². The van der Waals surface area contributed by atoms with Crippen molar-refractivity contribution < 1.29 is 4.79 Å². The Kier molecular flexibility index (Phi) is 6.04. The van der Waals surface area contributed by atoms with E-state index in [-0.39, 0.29) is 5.91 Å². The molecular weight excluding hydrogens is 346 g/mol. The van der Waals surface area contributed by atoms with Crippen LogP contribution in [0.4, 0.5) is 11.4 Å². The molecule has 26 heavy (non-hydrogen) atoms. The molecule has 0 unspecified atom stereocenters. The number of carbonyl (C=O) groups excluding carboxylic acids is 1. The van der Waals surface area contributed by atoms with E-state index >= 15 is 0 Å². The van der Waals surface area contributed by atoms with Crippen molar-refractivity contribution in [1.29, 1.82) is 0 Å². The van der Waals surface area contributed by atoms with Crippen LogP contribution < -0.4 is 9.80 Å². The number of halogens is 1. The molecule has 1 saturated heterocycles. The predicted molar refractivity (Wildman–Crippen MR) is 110 cm³/mol. The molecular formula is C21H26ClN3O. The van der Waals surface area contributed by atoms with E-state index < -0.39 is 0 Å². The Bertz CT molecular complexity index is 735. The van der Waals surface area contributed by atoms with E-state index in [0.717, 1.165) is 26.2 Å². The highest BCUT2D eigenvalue weighted by Gasteiger charge is 2.23. The van der Waals surface area contributed by atoms with Crippen molar-refractivity contribution in [2.45, 2.75) is 13.8 Å². The van der Waals surface area contributed by atoms with Crippen LogP contribution in [-0.2, 0) is 0 Å². The first-order valence-electron chi connectivity index (χ1n) is 9.27. The molecule has 0 radical (unpaired) electrons. The van der Waals surface area contributed by atoms with Gasteiger partial charge in [-0.3, -0.25) is 4.79 Å². The molecule has 0 saturated carbocycles. The fraction of sp³-hybridized carbons (Fsp3) is 0.381. The zero-order valence-corrected chi connectivity index (χ0v) is 16.2. The molecule has 0 bridgehead atoms. The number of nitrogens with zero attached hydrogens (tertiary/aromatic N) is 3. The Balaban J connectivity index is 1.62. The van der Waals surface area contributed by atoms with E-state index in [1.165, 1.54) is 11.4 Å². The normalized spacial score (nSPS) is 14.4. The van der Waals surface area contributed by atoms with Gasteiger partial charge in [-0.25, -0.2) is 0 Å². The molecule has 1 aliphatic rings. The number of benzene rings is 2. The second-order valence-electron chi connectivity index (χ2n) is 6.45. The van der Waals surface area contributed by atoms with Gasteiger partial charge in [-0.2, -0.15) is 0 Å². The maximum Gasteiger partial charge on any atom is 0.255 e. The monoisotopic (exact) mass is 371 g/mol. The molecule has 1 amide bonds. The summed E-state index contributed by atoms with van der Waals surface area (Å²) in [6, 6.07) is 16.0. The molecule has 1 heterocycles. The number of carbonyl (C=O) groups is 1. The summed E-state index contributed by atoms with van der Waals surface area (Å²) in [6.07, 6.45) is 0. The lowest BCUT2D eigenvalue weighted by atomic mass is 10.1. The predicted octanol–water partition coefficient (Wildman–Crippen LogP) is 4.15. The third kappa shape index (κ3) is 3.96. The van der Waals surface area contributed by atoms with Crippen LogP contribution in [0, 0.1) is 0 Å². The van der Waals surface area contributed by atoms with Crippen LogP contribution in [0.1, 0.15) is 24.2 Å². The molecule has 1 aliphatic heterocycles. The molecule has 0 N–H and O–H groups in total. The van der Waals surface area contributed by atoms with Crippen LogP contribution in [0.5, 0.6) is 0 Å². The van der Waals surface area contributed by atoms with Crippen molar-refractivity contribution in [3.8, 4) is 0 Å². The van der Waals surface area contributed by atoms with Crippen LogP contribution in [-0.4, -0.2) is 50.1 Å². The molecule has 4 nitrogen and oxygen atoms in total. The molecule has 2 aromatic rings. The lowest BCUT2D eigenvalue weighted by Gasteiger charge is -2.36.